The van der Waals surface area contributed by atoms with Crippen molar-refractivity contribution >= 4 is 5.78 Å². The number of hydrogen-bond donors (Lipinski definition) is 2. The largest absolute Gasteiger partial charge is 0.307 e. The van der Waals surface area contributed by atoms with Gasteiger partial charge in [0.05, 0.1) is 6.04 Å². The van der Waals surface area contributed by atoms with Crippen LogP contribution in [0.2, 0.25) is 0 Å². The second kappa shape index (κ2) is 5.99. The molecule has 2 aliphatic rings. The van der Waals surface area contributed by atoms with E-state index < -0.39 is 0 Å². The molecule has 3 rings (SSSR count). The fraction of sp³-hybridized carbons (Fsp3) is 0.857. The number of piperidine rings is 1. The quantitative estimate of drug-likeness (QED) is 0.861. The summed E-state index contributed by atoms with van der Waals surface area (Å²) in [5.74, 6) is 3.35. The molecule has 1 aromatic heterocycles. The number of rotatable bonds is 4. The molecule has 0 unspecified atom stereocenters. The van der Waals surface area contributed by atoms with E-state index in [1.807, 2.05) is 0 Å². The maximum Gasteiger partial charge on any atom is 0.174 e. The zero-order chi connectivity index (χ0) is 13.9. The molecule has 1 aliphatic carbocycles. The van der Waals surface area contributed by atoms with Crippen molar-refractivity contribution < 1.29 is 4.79 Å². The van der Waals surface area contributed by atoms with E-state index >= 15 is 0 Å². The van der Waals surface area contributed by atoms with Crippen molar-refractivity contribution in [1.82, 2.24) is 25.9 Å². The van der Waals surface area contributed by atoms with E-state index in [1.54, 1.807) is 6.92 Å². The summed E-state index contributed by atoms with van der Waals surface area (Å²) in [6, 6.07) is 0.0900. The Bertz CT molecular complexity index is 446. The number of tetrazole rings is 1. The lowest BCUT2D eigenvalue weighted by molar-refractivity contribution is -0.120. The molecule has 0 aromatic carbocycles. The zero-order valence-electron chi connectivity index (χ0n) is 12.0. The molecule has 6 heteroatoms. The Balaban J connectivity index is 1.52. The number of Topliss-reactive ketones (excluding diaryl/α,β-unsaturated/α-hetero) is 1. The minimum absolute atomic E-state index is 0.0900. The highest BCUT2D eigenvalue weighted by molar-refractivity contribution is 5.81. The maximum absolute atomic E-state index is 11.5. The number of fused-ring (bicyclic) bond motifs is 1. The van der Waals surface area contributed by atoms with E-state index in [9.17, 15) is 4.79 Å². The lowest BCUT2D eigenvalue weighted by Gasteiger charge is -2.42. The van der Waals surface area contributed by atoms with Gasteiger partial charge in [-0.1, -0.05) is 11.6 Å². The molecule has 4 atom stereocenters. The molecule has 2 fully saturated rings. The molecule has 1 aromatic rings. The first-order valence-electron chi connectivity index (χ1n) is 7.68. The summed E-state index contributed by atoms with van der Waals surface area (Å²) in [5, 5.41) is 17.5. The number of hydrogen-bond acceptors (Lipinski definition) is 5. The number of ketones is 1. The lowest BCUT2D eigenvalue weighted by Crippen LogP contribution is -2.49. The molecule has 0 bridgehead atoms. The van der Waals surface area contributed by atoms with Crippen LogP contribution in [0.4, 0.5) is 0 Å². The monoisotopic (exact) mass is 277 g/mol. The van der Waals surface area contributed by atoms with Crippen LogP contribution in [0, 0.1) is 17.8 Å². The van der Waals surface area contributed by atoms with Gasteiger partial charge in [0.15, 0.2) is 5.82 Å². The van der Waals surface area contributed by atoms with Crippen LogP contribution in [0.15, 0.2) is 0 Å². The van der Waals surface area contributed by atoms with E-state index in [0.717, 1.165) is 43.5 Å². The number of carbonyl (C=O) groups excluding carboxylic acids is 1. The zero-order valence-corrected chi connectivity index (χ0v) is 12.0. The average molecular weight is 277 g/mol. The number of nitrogens with one attached hydrogen (secondary N) is 2. The van der Waals surface area contributed by atoms with Crippen LogP contribution in [0.25, 0.3) is 0 Å². The van der Waals surface area contributed by atoms with Crippen molar-refractivity contribution in [1.29, 1.82) is 0 Å². The van der Waals surface area contributed by atoms with Gasteiger partial charge in [-0.25, -0.2) is 0 Å². The molecule has 0 radical (unpaired) electrons. The number of H-pyrrole nitrogens is 1. The smallest absolute Gasteiger partial charge is 0.174 e. The molecule has 1 saturated heterocycles. The molecule has 20 heavy (non-hydrogen) atoms. The van der Waals surface area contributed by atoms with Crippen LogP contribution in [0.5, 0.6) is 0 Å². The number of aromatic amines is 1. The first-order valence-corrected chi connectivity index (χ1v) is 7.68. The predicted molar refractivity (Wildman–Crippen MR) is 73.9 cm³/mol. The van der Waals surface area contributed by atoms with Crippen LogP contribution in [-0.4, -0.2) is 39.0 Å². The SMILES string of the molecule is CC(=O)[C@@H]1C[C@H]2C[C@@H](CCc3nn[nH]n3)CC[C@H]2CN1. The summed E-state index contributed by atoms with van der Waals surface area (Å²) in [6.07, 6.45) is 6.92. The van der Waals surface area contributed by atoms with E-state index in [2.05, 4.69) is 25.9 Å². The third kappa shape index (κ3) is 3.06. The standard InChI is InChI=1S/C14H23N5O/c1-9(20)13-7-12-6-10(2-4-11(12)8-15-13)3-5-14-16-18-19-17-14/h10-13,15H,2-8H2,1H3,(H,16,17,18,19)/t10-,11+,12-,13+/m1/s1. The first-order chi connectivity index (χ1) is 9.72. The summed E-state index contributed by atoms with van der Waals surface area (Å²) in [6.45, 7) is 2.72. The normalized spacial score (nSPS) is 33.6. The molecule has 6 nitrogen and oxygen atoms in total. The van der Waals surface area contributed by atoms with Gasteiger partial charge in [-0.15, -0.1) is 10.2 Å². The van der Waals surface area contributed by atoms with Gasteiger partial charge in [-0.05, 0) is 56.9 Å². The van der Waals surface area contributed by atoms with Gasteiger partial charge in [0, 0.05) is 6.42 Å². The number of aromatic nitrogens is 4. The van der Waals surface area contributed by atoms with Crippen molar-refractivity contribution in [3.05, 3.63) is 5.82 Å². The lowest BCUT2D eigenvalue weighted by atomic mass is 9.68. The Kier molecular flexibility index (Phi) is 4.10. The fourth-order valence-electron chi connectivity index (χ4n) is 3.85. The summed E-state index contributed by atoms with van der Waals surface area (Å²) in [7, 11) is 0. The molecule has 110 valence electrons. The average Bonchev–Trinajstić information content (AvgIpc) is 2.97. The summed E-state index contributed by atoms with van der Waals surface area (Å²) < 4.78 is 0. The van der Waals surface area contributed by atoms with Gasteiger partial charge in [0.25, 0.3) is 0 Å². The van der Waals surface area contributed by atoms with Gasteiger partial charge in [-0.3, -0.25) is 4.79 Å². The van der Waals surface area contributed by atoms with Gasteiger partial charge >= 0.3 is 0 Å². The molecule has 2 N–H and O–H groups in total. The third-order valence-electron chi connectivity index (χ3n) is 5.07. The van der Waals surface area contributed by atoms with Crippen molar-refractivity contribution in [2.24, 2.45) is 17.8 Å². The second-order valence-corrected chi connectivity index (χ2v) is 6.37. The Morgan fingerprint density at radius 2 is 2.20 bits per heavy atom. The van der Waals surface area contributed by atoms with Gasteiger partial charge in [0.1, 0.15) is 5.78 Å². The second-order valence-electron chi connectivity index (χ2n) is 6.37. The van der Waals surface area contributed by atoms with Crippen LogP contribution in [0.3, 0.4) is 0 Å². The summed E-state index contributed by atoms with van der Waals surface area (Å²) in [4.78, 5) is 11.5. The van der Waals surface area contributed by atoms with Crippen molar-refractivity contribution in [3.63, 3.8) is 0 Å². The van der Waals surface area contributed by atoms with Crippen molar-refractivity contribution in [2.45, 2.75) is 51.5 Å². The van der Waals surface area contributed by atoms with Gasteiger partial charge in [-0.2, -0.15) is 5.21 Å². The highest BCUT2D eigenvalue weighted by atomic mass is 16.1. The number of nitrogens with zero attached hydrogens (tertiary/aromatic N) is 3. The Morgan fingerprint density at radius 3 is 2.95 bits per heavy atom. The predicted octanol–water partition coefficient (Wildman–Crippen LogP) is 1.12. The first kappa shape index (κ1) is 13.7. The van der Waals surface area contributed by atoms with E-state index in [-0.39, 0.29) is 11.8 Å². The van der Waals surface area contributed by atoms with Crippen LogP contribution in [-0.2, 0) is 11.2 Å². The van der Waals surface area contributed by atoms with Crippen LogP contribution in [0.1, 0.15) is 44.9 Å². The van der Waals surface area contributed by atoms with Gasteiger partial charge in [0.2, 0.25) is 0 Å². The van der Waals surface area contributed by atoms with Crippen LogP contribution < -0.4 is 5.32 Å². The molecular formula is C14H23N5O. The fourth-order valence-corrected chi connectivity index (χ4v) is 3.85. The number of carbonyl (C=O) groups is 1. The van der Waals surface area contributed by atoms with Crippen LogP contribution >= 0.6 is 0 Å². The maximum atomic E-state index is 11.5. The minimum atomic E-state index is 0.0900. The van der Waals surface area contributed by atoms with E-state index in [1.165, 1.54) is 19.3 Å². The molecule has 1 aliphatic heterocycles. The van der Waals surface area contributed by atoms with E-state index in [0.29, 0.717) is 5.92 Å². The third-order valence-corrected chi connectivity index (χ3v) is 5.07. The Labute approximate surface area is 119 Å². The topological polar surface area (TPSA) is 83.6 Å². The molecule has 1 saturated carbocycles. The Hall–Kier alpha value is -1.30. The van der Waals surface area contributed by atoms with Crippen molar-refractivity contribution in [3.8, 4) is 0 Å². The molecule has 0 amide bonds. The van der Waals surface area contributed by atoms with Gasteiger partial charge < -0.3 is 5.32 Å². The number of aryl methyl sites for hydroxylation is 1. The summed E-state index contributed by atoms with van der Waals surface area (Å²) >= 11 is 0. The highest BCUT2D eigenvalue weighted by Gasteiger charge is 2.36. The molecular weight excluding hydrogens is 254 g/mol. The molecule has 2 heterocycles. The Morgan fingerprint density at radius 1 is 1.30 bits per heavy atom. The van der Waals surface area contributed by atoms with E-state index in [4.69, 9.17) is 0 Å². The molecule has 0 spiro atoms. The highest BCUT2D eigenvalue weighted by Crippen LogP contribution is 2.40. The minimum Gasteiger partial charge on any atom is -0.307 e. The van der Waals surface area contributed by atoms with Crippen molar-refractivity contribution in [2.75, 3.05) is 6.54 Å². The summed E-state index contributed by atoms with van der Waals surface area (Å²) in [5.41, 5.74) is 0.